The highest BCUT2D eigenvalue weighted by atomic mass is 16.5. The standard InChI is InChI=1S/C20H21NO3/c1-3-23-18(22)11-16-12-21-20-14(2)9-10-17(19(16)20)24-13-15-7-5-4-6-8-15/h4-10,12,21H,3,11,13H2,1-2H3. The number of benzene rings is 2. The molecule has 0 atom stereocenters. The van der Waals surface area contributed by atoms with Gasteiger partial charge in [0, 0.05) is 11.6 Å². The van der Waals surface area contributed by atoms with E-state index < -0.39 is 0 Å². The number of esters is 1. The van der Waals surface area contributed by atoms with E-state index in [-0.39, 0.29) is 12.4 Å². The first-order valence-corrected chi connectivity index (χ1v) is 8.11. The van der Waals surface area contributed by atoms with Gasteiger partial charge >= 0.3 is 5.97 Å². The molecule has 1 N–H and O–H groups in total. The molecule has 0 aliphatic rings. The minimum absolute atomic E-state index is 0.228. The summed E-state index contributed by atoms with van der Waals surface area (Å²) in [4.78, 5) is 15.1. The predicted molar refractivity (Wildman–Crippen MR) is 94.1 cm³/mol. The molecule has 3 rings (SSSR count). The maximum atomic E-state index is 11.9. The highest BCUT2D eigenvalue weighted by Gasteiger charge is 2.15. The molecular weight excluding hydrogens is 302 g/mol. The van der Waals surface area contributed by atoms with Gasteiger partial charge < -0.3 is 14.5 Å². The largest absolute Gasteiger partial charge is 0.488 e. The Morgan fingerprint density at radius 1 is 1.12 bits per heavy atom. The number of rotatable bonds is 6. The highest BCUT2D eigenvalue weighted by molar-refractivity contribution is 5.94. The van der Waals surface area contributed by atoms with Gasteiger partial charge in [0.1, 0.15) is 12.4 Å². The van der Waals surface area contributed by atoms with Crippen molar-refractivity contribution in [3.05, 3.63) is 65.4 Å². The van der Waals surface area contributed by atoms with Crippen LogP contribution < -0.4 is 4.74 Å². The van der Waals surface area contributed by atoms with Crippen molar-refractivity contribution in [3.8, 4) is 5.75 Å². The Bertz CT molecular complexity index is 837. The third kappa shape index (κ3) is 3.43. The SMILES string of the molecule is CCOC(=O)Cc1c[nH]c2c(C)ccc(OCc3ccccc3)c12. The number of carbonyl (C=O) groups is 1. The van der Waals surface area contributed by atoms with Crippen LogP contribution in [0.25, 0.3) is 10.9 Å². The van der Waals surface area contributed by atoms with Crippen LogP contribution in [0, 0.1) is 6.92 Å². The number of hydrogen-bond acceptors (Lipinski definition) is 3. The second-order valence-electron chi connectivity index (χ2n) is 5.70. The number of aromatic nitrogens is 1. The quantitative estimate of drug-likeness (QED) is 0.693. The molecular formula is C20H21NO3. The van der Waals surface area contributed by atoms with Gasteiger partial charge in [0.15, 0.2) is 0 Å². The summed E-state index contributed by atoms with van der Waals surface area (Å²) in [7, 11) is 0. The van der Waals surface area contributed by atoms with Gasteiger partial charge in [-0.25, -0.2) is 0 Å². The molecule has 24 heavy (non-hydrogen) atoms. The van der Waals surface area contributed by atoms with Gasteiger partial charge in [0.2, 0.25) is 0 Å². The van der Waals surface area contributed by atoms with E-state index in [1.165, 1.54) is 0 Å². The van der Waals surface area contributed by atoms with Crippen LogP contribution in [-0.4, -0.2) is 17.6 Å². The Balaban J connectivity index is 1.90. The van der Waals surface area contributed by atoms with Crippen LogP contribution in [0.4, 0.5) is 0 Å². The number of nitrogens with one attached hydrogen (secondary N) is 1. The molecule has 0 radical (unpaired) electrons. The average molecular weight is 323 g/mol. The van der Waals surface area contributed by atoms with E-state index in [1.54, 1.807) is 0 Å². The van der Waals surface area contributed by atoms with E-state index in [1.807, 2.05) is 62.5 Å². The Morgan fingerprint density at radius 3 is 2.67 bits per heavy atom. The van der Waals surface area contributed by atoms with Gasteiger partial charge in [-0.05, 0) is 36.6 Å². The van der Waals surface area contributed by atoms with E-state index in [0.29, 0.717) is 13.2 Å². The van der Waals surface area contributed by atoms with Crippen LogP contribution in [0.1, 0.15) is 23.6 Å². The van der Waals surface area contributed by atoms with Crippen molar-refractivity contribution in [2.75, 3.05) is 6.61 Å². The summed E-state index contributed by atoms with van der Waals surface area (Å²) in [6.07, 6.45) is 2.10. The molecule has 2 aromatic carbocycles. The van der Waals surface area contributed by atoms with E-state index in [0.717, 1.165) is 33.3 Å². The fraction of sp³-hybridized carbons (Fsp3) is 0.250. The molecule has 0 unspecified atom stereocenters. The molecule has 0 fully saturated rings. The molecule has 1 heterocycles. The lowest BCUT2D eigenvalue weighted by molar-refractivity contribution is -0.142. The topological polar surface area (TPSA) is 51.3 Å². The number of aromatic amines is 1. The zero-order valence-electron chi connectivity index (χ0n) is 14.0. The van der Waals surface area contributed by atoms with Crippen molar-refractivity contribution in [1.82, 2.24) is 4.98 Å². The average Bonchev–Trinajstić information content (AvgIpc) is 3.00. The van der Waals surface area contributed by atoms with Crippen molar-refractivity contribution in [2.45, 2.75) is 26.9 Å². The molecule has 0 aliphatic heterocycles. The first kappa shape index (κ1) is 16.1. The van der Waals surface area contributed by atoms with Crippen LogP contribution in [-0.2, 0) is 22.6 Å². The van der Waals surface area contributed by atoms with Gasteiger partial charge in [-0.15, -0.1) is 0 Å². The molecule has 4 heteroatoms. The molecule has 0 saturated heterocycles. The maximum Gasteiger partial charge on any atom is 0.310 e. The van der Waals surface area contributed by atoms with Gasteiger partial charge in [-0.1, -0.05) is 36.4 Å². The summed E-state index contributed by atoms with van der Waals surface area (Å²) in [6, 6.07) is 14.0. The van der Waals surface area contributed by atoms with E-state index in [4.69, 9.17) is 9.47 Å². The molecule has 3 aromatic rings. The lowest BCUT2D eigenvalue weighted by Gasteiger charge is -2.10. The highest BCUT2D eigenvalue weighted by Crippen LogP contribution is 2.32. The summed E-state index contributed by atoms with van der Waals surface area (Å²) in [6.45, 7) is 4.72. The summed E-state index contributed by atoms with van der Waals surface area (Å²) in [5.74, 6) is 0.550. The number of H-pyrrole nitrogens is 1. The van der Waals surface area contributed by atoms with Crippen molar-refractivity contribution in [2.24, 2.45) is 0 Å². The van der Waals surface area contributed by atoms with Crippen molar-refractivity contribution in [1.29, 1.82) is 0 Å². The van der Waals surface area contributed by atoms with Crippen LogP contribution in [0.2, 0.25) is 0 Å². The summed E-state index contributed by atoms with van der Waals surface area (Å²) in [5.41, 5.74) is 4.12. The maximum absolute atomic E-state index is 11.9. The minimum Gasteiger partial charge on any atom is -0.488 e. The number of aryl methyl sites for hydroxylation is 1. The number of ether oxygens (including phenoxy) is 2. The Labute approximate surface area is 141 Å². The number of carbonyl (C=O) groups excluding carboxylic acids is 1. The van der Waals surface area contributed by atoms with Crippen LogP contribution in [0.3, 0.4) is 0 Å². The van der Waals surface area contributed by atoms with Crippen LogP contribution in [0.5, 0.6) is 5.75 Å². The second kappa shape index (κ2) is 7.21. The smallest absolute Gasteiger partial charge is 0.310 e. The van der Waals surface area contributed by atoms with E-state index in [9.17, 15) is 4.79 Å². The molecule has 0 bridgehead atoms. The zero-order valence-corrected chi connectivity index (χ0v) is 14.0. The fourth-order valence-corrected chi connectivity index (χ4v) is 2.79. The number of hydrogen-bond donors (Lipinski definition) is 1. The van der Waals surface area contributed by atoms with Crippen molar-refractivity contribution >= 4 is 16.9 Å². The Morgan fingerprint density at radius 2 is 1.92 bits per heavy atom. The molecule has 1 aromatic heterocycles. The molecule has 4 nitrogen and oxygen atoms in total. The normalized spacial score (nSPS) is 10.8. The lowest BCUT2D eigenvalue weighted by atomic mass is 10.1. The van der Waals surface area contributed by atoms with E-state index >= 15 is 0 Å². The van der Waals surface area contributed by atoms with E-state index in [2.05, 4.69) is 4.98 Å². The van der Waals surface area contributed by atoms with Crippen LogP contribution >= 0.6 is 0 Å². The first-order chi connectivity index (χ1) is 11.7. The predicted octanol–water partition coefficient (Wildman–Crippen LogP) is 4.16. The molecule has 0 aliphatic carbocycles. The molecule has 0 amide bonds. The van der Waals surface area contributed by atoms with Gasteiger partial charge in [-0.3, -0.25) is 4.79 Å². The Kier molecular flexibility index (Phi) is 4.85. The molecule has 0 saturated carbocycles. The fourth-order valence-electron chi connectivity index (χ4n) is 2.79. The molecule has 124 valence electrons. The summed E-state index contributed by atoms with van der Waals surface area (Å²) in [5, 5.41) is 0.957. The number of fused-ring (bicyclic) bond motifs is 1. The molecule has 0 spiro atoms. The van der Waals surface area contributed by atoms with Crippen molar-refractivity contribution in [3.63, 3.8) is 0 Å². The zero-order chi connectivity index (χ0) is 16.9. The monoisotopic (exact) mass is 323 g/mol. The Hall–Kier alpha value is -2.75. The van der Waals surface area contributed by atoms with Crippen molar-refractivity contribution < 1.29 is 14.3 Å². The minimum atomic E-state index is -0.228. The lowest BCUT2D eigenvalue weighted by Crippen LogP contribution is -2.07. The van der Waals surface area contributed by atoms with Gasteiger partial charge in [0.25, 0.3) is 0 Å². The summed E-state index contributed by atoms with van der Waals surface area (Å²) < 4.78 is 11.1. The van der Waals surface area contributed by atoms with Gasteiger partial charge in [0.05, 0.1) is 18.5 Å². The van der Waals surface area contributed by atoms with Gasteiger partial charge in [-0.2, -0.15) is 0 Å². The summed E-state index contributed by atoms with van der Waals surface area (Å²) >= 11 is 0. The third-order valence-electron chi connectivity index (χ3n) is 3.96. The van der Waals surface area contributed by atoms with Crippen LogP contribution in [0.15, 0.2) is 48.7 Å². The first-order valence-electron chi connectivity index (χ1n) is 8.11. The second-order valence-corrected chi connectivity index (χ2v) is 5.70. The third-order valence-corrected chi connectivity index (χ3v) is 3.96.